The van der Waals surface area contributed by atoms with E-state index >= 15 is 0 Å². The number of hydrogen-bond donors (Lipinski definition) is 1. The number of rotatable bonds is 5. The molecule has 0 radical (unpaired) electrons. The molecular formula is C39H85F5O. The zero-order valence-corrected chi connectivity index (χ0v) is 34.1. The van der Waals surface area contributed by atoms with Crippen molar-refractivity contribution in [2.24, 2.45) is 52.8 Å². The van der Waals surface area contributed by atoms with Gasteiger partial charge in [0.2, 0.25) is 6.43 Å². The van der Waals surface area contributed by atoms with Gasteiger partial charge >= 0.3 is 6.18 Å². The summed E-state index contributed by atoms with van der Waals surface area (Å²) in [5, 5.41) is 9.21. The molecule has 1 N–H and O–H groups in total. The number of alkyl halides is 5. The Kier molecular flexibility index (Phi) is 42.4. The molecule has 0 aromatic carbocycles. The van der Waals surface area contributed by atoms with Crippen LogP contribution in [0.2, 0.25) is 0 Å². The Morgan fingerprint density at radius 2 is 0.844 bits per heavy atom. The largest absolute Gasteiger partial charge is 0.393 e. The normalized spacial score (nSPS) is 16.4. The summed E-state index contributed by atoms with van der Waals surface area (Å²) in [4.78, 5) is 0. The highest BCUT2D eigenvalue weighted by Gasteiger charge is 2.27. The molecule has 0 aromatic heterocycles. The number of aliphatic hydroxyl groups excluding tert-OH is 1. The summed E-state index contributed by atoms with van der Waals surface area (Å²) in [7, 11) is 0. The maximum absolute atomic E-state index is 11.3. The minimum Gasteiger partial charge on any atom is -0.393 e. The maximum atomic E-state index is 11.3. The molecule has 0 amide bonds. The van der Waals surface area contributed by atoms with Crippen molar-refractivity contribution in [2.75, 3.05) is 0 Å². The van der Waals surface area contributed by atoms with Gasteiger partial charge in [-0.15, -0.1) is 0 Å². The highest BCUT2D eigenvalue weighted by molar-refractivity contribution is 4.73. The molecule has 0 saturated heterocycles. The summed E-state index contributed by atoms with van der Waals surface area (Å²) in [6.07, 6.45) is 0.317. The lowest BCUT2D eigenvalue weighted by molar-refractivity contribution is -0.141. The van der Waals surface area contributed by atoms with E-state index in [0.29, 0.717) is 5.41 Å². The highest BCUT2D eigenvalue weighted by Crippen LogP contribution is 2.29. The Labute approximate surface area is 281 Å². The molecule has 1 fully saturated rings. The van der Waals surface area contributed by atoms with Crippen LogP contribution in [0.3, 0.4) is 0 Å². The Morgan fingerprint density at radius 3 is 0.933 bits per heavy atom. The van der Waals surface area contributed by atoms with Crippen LogP contribution in [0.1, 0.15) is 183 Å². The first kappa shape index (κ1) is 56.9. The predicted molar refractivity (Wildman–Crippen MR) is 194 cm³/mol. The van der Waals surface area contributed by atoms with E-state index < -0.39 is 24.9 Å². The van der Waals surface area contributed by atoms with Gasteiger partial charge in [0.25, 0.3) is 0 Å². The van der Waals surface area contributed by atoms with Gasteiger partial charge in [0.05, 0.1) is 6.10 Å². The molecule has 1 rings (SSSR count). The number of aliphatic hydroxyl groups is 1. The molecule has 1 saturated carbocycles. The van der Waals surface area contributed by atoms with E-state index in [4.69, 9.17) is 0 Å². The fraction of sp³-hybridized carbons (Fsp3) is 1.00. The SMILES string of the molecule is CC(C)C.CC(C)C(C)C.CC(C)C(F)F.CC(C)C1CCC(O)CC1.CC(C)CC(C)(C)C.CC(C)CC(F)(F)F.CCC. The molecule has 0 heterocycles. The van der Waals surface area contributed by atoms with E-state index in [1.54, 1.807) is 13.8 Å². The fourth-order valence-electron chi connectivity index (χ4n) is 3.46. The molecule has 1 aliphatic carbocycles. The molecule has 45 heavy (non-hydrogen) atoms. The van der Waals surface area contributed by atoms with Gasteiger partial charge in [-0.05, 0) is 78.9 Å². The first-order valence-electron chi connectivity index (χ1n) is 18.0. The lowest BCUT2D eigenvalue weighted by Gasteiger charge is -2.27. The second kappa shape index (κ2) is 33.5. The van der Waals surface area contributed by atoms with E-state index in [9.17, 15) is 27.1 Å². The second-order valence-corrected chi connectivity index (χ2v) is 16.7. The van der Waals surface area contributed by atoms with Crippen molar-refractivity contribution >= 4 is 0 Å². The van der Waals surface area contributed by atoms with E-state index in [1.165, 1.54) is 39.5 Å². The summed E-state index contributed by atoms with van der Waals surface area (Å²) >= 11 is 0. The Bertz CT molecular complexity index is 490. The van der Waals surface area contributed by atoms with Gasteiger partial charge in [-0.2, -0.15) is 13.2 Å². The molecule has 6 heteroatoms. The van der Waals surface area contributed by atoms with E-state index in [0.717, 1.165) is 48.3 Å². The van der Waals surface area contributed by atoms with Crippen LogP contribution in [0.4, 0.5) is 22.0 Å². The van der Waals surface area contributed by atoms with Gasteiger partial charge in [-0.3, -0.25) is 0 Å². The van der Waals surface area contributed by atoms with Crippen LogP contribution in [-0.4, -0.2) is 23.8 Å². The van der Waals surface area contributed by atoms with Crippen molar-refractivity contribution in [3.63, 3.8) is 0 Å². The van der Waals surface area contributed by atoms with Crippen molar-refractivity contribution in [3.8, 4) is 0 Å². The number of halogens is 5. The van der Waals surface area contributed by atoms with Gasteiger partial charge in [0, 0.05) is 12.3 Å². The first-order valence-corrected chi connectivity index (χ1v) is 18.0. The maximum Gasteiger partial charge on any atom is 0.389 e. The smallest absolute Gasteiger partial charge is 0.389 e. The zero-order chi connectivity index (χ0) is 37.7. The van der Waals surface area contributed by atoms with Crippen molar-refractivity contribution in [3.05, 3.63) is 0 Å². The highest BCUT2D eigenvalue weighted by atomic mass is 19.4. The van der Waals surface area contributed by atoms with E-state index in [2.05, 4.69) is 111 Å². The number of hydrogen-bond acceptors (Lipinski definition) is 1. The molecule has 0 atom stereocenters. The second-order valence-electron chi connectivity index (χ2n) is 16.7. The molecule has 0 spiro atoms. The molecule has 1 aliphatic rings. The van der Waals surface area contributed by atoms with Gasteiger partial charge in [-0.1, -0.05) is 145 Å². The quantitative estimate of drug-likeness (QED) is 0.290. The first-order chi connectivity index (χ1) is 20.0. The van der Waals surface area contributed by atoms with Crippen LogP contribution in [0, 0.1) is 52.8 Å². The van der Waals surface area contributed by atoms with Gasteiger partial charge in [0.1, 0.15) is 0 Å². The zero-order valence-electron chi connectivity index (χ0n) is 34.1. The summed E-state index contributed by atoms with van der Waals surface area (Å²) < 4.78 is 56.2. The van der Waals surface area contributed by atoms with Crippen molar-refractivity contribution in [1.82, 2.24) is 0 Å². The Hall–Kier alpha value is -0.390. The van der Waals surface area contributed by atoms with E-state index in [-0.39, 0.29) is 12.0 Å². The lowest BCUT2D eigenvalue weighted by atomic mass is 9.81. The van der Waals surface area contributed by atoms with Gasteiger partial charge < -0.3 is 5.11 Å². The van der Waals surface area contributed by atoms with Crippen molar-refractivity contribution in [2.45, 2.75) is 202 Å². The van der Waals surface area contributed by atoms with Crippen molar-refractivity contribution < 1.29 is 27.1 Å². The van der Waals surface area contributed by atoms with Crippen LogP contribution in [0.25, 0.3) is 0 Å². The van der Waals surface area contributed by atoms with Crippen LogP contribution in [0.5, 0.6) is 0 Å². The Morgan fingerprint density at radius 1 is 0.578 bits per heavy atom. The molecule has 1 nitrogen and oxygen atoms in total. The van der Waals surface area contributed by atoms with Crippen molar-refractivity contribution in [1.29, 1.82) is 0 Å². The van der Waals surface area contributed by atoms with Crippen LogP contribution < -0.4 is 0 Å². The minimum absolute atomic E-state index is 0.00926. The summed E-state index contributed by atoms with van der Waals surface area (Å²) in [6.45, 7) is 41.7. The van der Waals surface area contributed by atoms with Gasteiger partial charge in [0.15, 0.2) is 0 Å². The summed E-state index contributed by atoms with van der Waals surface area (Å²) in [5.41, 5.74) is 0.522. The molecule has 0 unspecified atom stereocenters. The van der Waals surface area contributed by atoms with E-state index in [1.807, 2.05) is 0 Å². The standard InChI is InChI=1S/C9H18O.C8H18.C6H14.C5H9F3.C4H8F2.C4H10.C3H8/c1-7(2)8-3-5-9(10)6-4-8;1-7(2)6-8(3,4)5;1-5(2)6(3)4;1-4(2)3-5(6,7)8;1-3(2)4(5)6;1-4(2)3;1-3-2/h7-10H,3-6H2,1-2H3;7H,6H2,1-5H3;5-6H,1-4H3;4H,3H2,1-2H3;3-4H,1-2H3;4H,1-3H3;3H2,1-2H3. The monoisotopic (exact) mass is 665 g/mol. The average molecular weight is 665 g/mol. The molecular weight excluding hydrogens is 579 g/mol. The third-order valence-electron chi connectivity index (χ3n) is 6.18. The van der Waals surface area contributed by atoms with Crippen LogP contribution in [0.15, 0.2) is 0 Å². The summed E-state index contributed by atoms with van der Waals surface area (Å²) in [5.74, 6) is 4.31. The van der Waals surface area contributed by atoms with Crippen LogP contribution in [-0.2, 0) is 0 Å². The molecule has 0 bridgehead atoms. The van der Waals surface area contributed by atoms with Gasteiger partial charge in [-0.25, -0.2) is 8.78 Å². The third-order valence-corrected chi connectivity index (χ3v) is 6.18. The average Bonchev–Trinajstić information content (AvgIpc) is 2.77. The molecule has 282 valence electrons. The fourth-order valence-corrected chi connectivity index (χ4v) is 3.46. The lowest BCUT2D eigenvalue weighted by Crippen LogP contribution is -2.21. The summed E-state index contributed by atoms with van der Waals surface area (Å²) in [6, 6.07) is 0. The third kappa shape index (κ3) is 75.6. The molecule has 0 aromatic rings. The topological polar surface area (TPSA) is 20.2 Å². The van der Waals surface area contributed by atoms with Crippen LogP contribution >= 0.6 is 0 Å². The Balaban J connectivity index is -0.000000102. The predicted octanol–water partition coefficient (Wildman–Crippen LogP) is 15.2. The molecule has 0 aliphatic heterocycles. The minimum atomic E-state index is -3.98.